The summed E-state index contributed by atoms with van der Waals surface area (Å²) < 4.78 is 0. The van der Waals surface area contributed by atoms with Crippen LogP contribution in [0, 0.1) is 53.3 Å². The first-order chi connectivity index (χ1) is 33.2. The lowest BCUT2D eigenvalue weighted by molar-refractivity contribution is -0.131. The molecule has 72 heavy (non-hydrogen) atoms. The highest BCUT2D eigenvalue weighted by Crippen LogP contribution is 2.23. The molecule has 0 radical (unpaired) electrons. The maximum absolute atomic E-state index is 12.7. The van der Waals surface area contributed by atoms with Crippen LogP contribution < -0.4 is 49.1 Å². The van der Waals surface area contributed by atoms with Gasteiger partial charge in [0, 0.05) is 92.5 Å². The molecule has 0 bridgehead atoms. The van der Waals surface area contributed by atoms with Crippen molar-refractivity contribution in [3.05, 3.63) is 37.2 Å². The zero-order valence-electron chi connectivity index (χ0n) is 48.9. The number of hydrogen-bond donors (Lipinski definition) is 9. The molecule has 12 N–H and O–H groups in total. The molecule has 15 heteroatoms. The summed E-state index contributed by atoms with van der Waals surface area (Å²) in [5.41, 5.74) is 16.4. The van der Waals surface area contributed by atoms with E-state index in [0.717, 1.165) is 19.3 Å². The van der Waals surface area contributed by atoms with E-state index < -0.39 is 0 Å². The lowest BCUT2D eigenvalue weighted by Gasteiger charge is -2.26. The third-order valence-corrected chi connectivity index (χ3v) is 12.1. The van der Waals surface area contributed by atoms with E-state index in [4.69, 9.17) is 17.2 Å². The Hall–Kier alpha value is -4.08. The summed E-state index contributed by atoms with van der Waals surface area (Å²) >= 11 is 0. The van der Waals surface area contributed by atoms with Crippen LogP contribution in [0.4, 0.5) is 0 Å². The standard InChI is InChI=1S/3C19H37N3O2/c3*1-12(2)18(22-14(5)6)17(23)11-16(19(24)13(3)4)9-8-10-21-15(7)20/h3*12-14,16,18,21-22H,7-11,20H2,1-6H3/t3*16-,18+/m111/s1. The van der Waals surface area contributed by atoms with Gasteiger partial charge in [-0.1, -0.05) is 144 Å². The SMILES string of the molecule is C=C(N)NCCC[C@H](CC(=O)[C@@H](NC(C)C)C(C)C)C(=O)C(C)C.C=C(N)NCCC[C@H](CC(=O)[C@@H](NC(C)C)C(C)C)C(=O)C(C)C.C=C(N)NCCC[C@H](CC(=O)[C@@H](NC(C)C)C(C)C)C(=O)C(C)C. The fraction of sp³-hybridized carbons (Fsp3) is 0.789. The van der Waals surface area contributed by atoms with E-state index in [2.05, 4.69) is 51.6 Å². The van der Waals surface area contributed by atoms with Gasteiger partial charge in [-0.25, -0.2) is 0 Å². The van der Waals surface area contributed by atoms with Crippen LogP contribution in [0.2, 0.25) is 0 Å². The van der Waals surface area contributed by atoms with Crippen molar-refractivity contribution in [2.45, 2.75) is 219 Å². The van der Waals surface area contributed by atoms with Crippen LogP contribution in [0.3, 0.4) is 0 Å². The zero-order valence-corrected chi connectivity index (χ0v) is 48.9. The van der Waals surface area contributed by atoms with Crippen LogP contribution in [0.1, 0.15) is 182 Å². The number of carbonyl (C=O) groups excluding carboxylic acids is 6. The molecule has 0 aliphatic heterocycles. The Balaban J connectivity index is -0.000000992. The minimum absolute atomic E-state index is 0.0595. The maximum atomic E-state index is 12.7. The van der Waals surface area contributed by atoms with Crippen LogP contribution in [-0.2, 0) is 28.8 Å². The van der Waals surface area contributed by atoms with Gasteiger partial charge in [-0.2, -0.15) is 0 Å². The van der Waals surface area contributed by atoms with E-state index in [1.807, 2.05) is 125 Å². The van der Waals surface area contributed by atoms with E-state index >= 15 is 0 Å². The molecular formula is C57H111N9O6. The van der Waals surface area contributed by atoms with Gasteiger partial charge in [0.15, 0.2) is 17.3 Å². The van der Waals surface area contributed by atoms with Crippen molar-refractivity contribution in [2.75, 3.05) is 19.6 Å². The minimum atomic E-state index is -0.222. The van der Waals surface area contributed by atoms with E-state index in [-0.39, 0.29) is 124 Å². The van der Waals surface area contributed by atoms with Gasteiger partial charge in [0.2, 0.25) is 0 Å². The first-order valence-corrected chi connectivity index (χ1v) is 27.2. The van der Waals surface area contributed by atoms with Crippen LogP contribution in [0.5, 0.6) is 0 Å². The van der Waals surface area contributed by atoms with Crippen LogP contribution in [0.15, 0.2) is 37.2 Å². The number of nitrogens with two attached hydrogens (primary N) is 3. The van der Waals surface area contributed by atoms with Crippen molar-refractivity contribution in [1.82, 2.24) is 31.9 Å². The third-order valence-electron chi connectivity index (χ3n) is 12.1. The second-order valence-electron chi connectivity index (χ2n) is 22.7. The Labute approximate surface area is 439 Å². The molecule has 15 nitrogen and oxygen atoms in total. The zero-order chi connectivity index (χ0) is 56.6. The Bertz CT molecular complexity index is 1440. The van der Waals surface area contributed by atoms with Gasteiger partial charge in [-0.05, 0) is 56.3 Å². The van der Waals surface area contributed by atoms with E-state index in [0.29, 0.717) is 75.6 Å². The average molecular weight is 1020 g/mol. The molecule has 0 rings (SSSR count). The van der Waals surface area contributed by atoms with Gasteiger partial charge in [0.05, 0.1) is 35.6 Å². The molecule has 0 saturated heterocycles. The molecule has 0 saturated carbocycles. The van der Waals surface area contributed by atoms with Crippen molar-refractivity contribution >= 4 is 34.7 Å². The van der Waals surface area contributed by atoms with Gasteiger partial charge in [0.25, 0.3) is 0 Å². The first-order valence-electron chi connectivity index (χ1n) is 27.2. The van der Waals surface area contributed by atoms with Crippen molar-refractivity contribution in [3.63, 3.8) is 0 Å². The number of nitrogens with one attached hydrogen (secondary N) is 6. The fourth-order valence-corrected chi connectivity index (χ4v) is 8.40. The summed E-state index contributed by atoms with van der Waals surface area (Å²) in [5, 5.41) is 18.9. The lowest BCUT2D eigenvalue weighted by atomic mass is 9.84. The van der Waals surface area contributed by atoms with Crippen molar-refractivity contribution in [3.8, 4) is 0 Å². The average Bonchev–Trinajstić information content (AvgIpc) is 3.25. The number of rotatable bonds is 39. The van der Waals surface area contributed by atoms with Gasteiger partial charge in [-0.15, -0.1) is 0 Å². The highest BCUT2D eigenvalue weighted by atomic mass is 16.2. The van der Waals surface area contributed by atoms with Gasteiger partial charge >= 0.3 is 0 Å². The van der Waals surface area contributed by atoms with Crippen LogP contribution >= 0.6 is 0 Å². The van der Waals surface area contributed by atoms with Gasteiger partial charge in [-0.3, -0.25) is 28.8 Å². The summed E-state index contributed by atoms with van der Waals surface area (Å²) in [6.07, 6.45) is 5.36. The van der Waals surface area contributed by atoms with Gasteiger partial charge < -0.3 is 49.1 Å². The summed E-state index contributed by atoms with van der Waals surface area (Å²) in [6.45, 7) is 48.6. The summed E-state index contributed by atoms with van der Waals surface area (Å²) in [5.74, 6) is 1.97. The molecule has 0 aromatic carbocycles. The van der Waals surface area contributed by atoms with Crippen molar-refractivity contribution in [2.24, 2.45) is 70.5 Å². The smallest absolute Gasteiger partial charge is 0.150 e. The van der Waals surface area contributed by atoms with Crippen molar-refractivity contribution in [1.29, 1.82) is 0 Å². The maximum Gasteiger partial charge on any atom is 0.150 e. The Morgan fingerprint density at radius 3 is 0.694 bits per heavy atom. The summed E-state index contributed by atoms with van der Waals surface area (Å²) in [7, 11) is 0. The van der Waals surface area contributed by atoms with Crippen LogP contribution in [0.25, 0.3) is 0 Å². The molecule has 420 valence electrons. The monoisotopic (exact) mass is 1020 g/mol. The summed E-state index contributed by atoms with van der Waals surface area (Å²) in [4.78, 5) is 75.7. The third kappa shape index (κ3) is 35.1. The highest BCUT2D eigenvalue weighted by molar-refractivity contribution is 5.93. The molecule has 0 heterocycles. The van der Waals surface area contributed by atoms with Gasteiger partial charge in [0.1, 0.15) is 17.3 Å². The number of ketones is 6. The van der Waals surface area contributed by atoms with Crippen molar-refractivity contribution < 1.29 is 28.8 Å². The number of Topliss-reactive ketones (excluding diaryl/α,β-unsaturated/α-hetero) is 6. The quantitative estimate of drug-likeness (QED) is 0.0266. The molecule has 0 spiro atoms. The molecular weight excluding hydrogens is 907 g/mol. The largest absolute Gasteiger partial charge is 0.386 e. The van der Waals surface area contributed by atoms with E-state index in [9.17, 15) is 28.8 Å². The normalized spacial score (nSPS) is 14.0. The minimum Gasteiger partial charge on any atom is -0.386 e. The second-order valence-corrected chi connectivity index (χ2v) is 22.7. The molecule has 0 aliphatic carbocycles. The molecule has 0 aliphatic rings. The Kier molecular flexibility index (Phi) is 39.5. The number of hydrogen-bond acceptors (Lipinski definition) is 15. The topological polar surface area (TPSA) is 253 Å². The Morgan fingerprint density at radius 1 is 0.361 bits per heavy atom. The fourth-order valence-electron chi connectivity index (χ4n) is 8.40. The molecule has 6 atom stereocenters. The predicted molar refractivity (Wildman–Crippen MR) is 301 cm³/mol. The van der Waals surface area contributed by atoms with Crippen LogP contribution in [-0.4, -0.2) is 90.6 Å². The van der Waals surface area contributed by atoms with E-state index in [1.165, 1.54) is 0 Å². The summed E-state index contributed by atoms with van der Waals surface area (Å²) in [6, 6.07) is 0.110. The predicted octanol–water partition coefficient (Wildman–Crippen LogP) is 7.83. The lowest BCUT2D eigenvalue weighted by Crippen LogP contribution is -2.45. The Morgan fingerprint density at radius 2 is 0.556 bits per heavy atom. The molecule has 0 unspecified atom stereocenters. The highest BCUT2D eigenvalue weighted by Gasteiger charge is 2.32. The molecule has 0 fully saturated rings. The van der Waals surface area contributed by atoms with E-state index in [1.54, 1.807) is 0 Å². The molecule has 0 aromatic heterocycles. The number of carbonyl (C=O) groups is 6. The second kappa shape index (κ2) is 39.4. The first kappa shape index (κ1) is 72.2. The molecule has 0 aromatic rings. The molecule has 0 amide bonds.